The number of carbonyl (C=O) groups is 4. The number of carbonyl (C=O) groups excluding carboxylic acids is 4. The van der Waals surface area contributed by atoms with Gasteiger partial charge in [-0.15, -0.1) is 0 Å². The predicted octanol–water partition coefficient (Wildman–Crippen LogP) is 3.25. The van der Waals surface area contributed by atoms with Crippen LogP contribution in [0.15, 0.2) is 24.3 Å². The molecule has 0 spiro atoms. The maximum atomic E-state index is 13.9. The van der Waals surface area contributed by atoms with E-state index < -0.39 is 48.0 Å². The van der Waals surface area contributed by atoms with Gasteiger partial charge in [-0.05, 0) is 57.6 Å². The van der Waals surface area contributed by atoms with Crippen LogP contribution in [0.2, 0.25) is 0 Å². The van der Waals surface area contributed by atoms with E-state index in [0.29, 0.717) is 5.56 Å². The average Bonchev–Trinajstić information content (AvgIpc) is 2.85. The first-order valence-corrected chi connectivity index (χ1v) is 13.3. The minimum absolute atomic E-state index is 0.0155. The molecule has 10 nitrogen and oxygen atoms in total. The smallest absolute Gasteiger partial charge is 0.408 e. The molecule has 2 rings (SSSR count). The Hall–Kier alpha value is -3.61. The van der Waals surface area contributed by atoms with Crippen molar-refractivity contribution in [2.45, 2.75) is 103 Å². The van der Waals surface area contributed by atoms with Crippen LogP contribution in [-0.2, 0) is 25.5 Å². The van der Waals surface area contributed by atoms with Crippen LogP contribution in [0.25, 0.3) is 0 Å². The van der Waals surface area contributed by atoms with Crippen LogP contribution >= 0.6 is 0 Å². The van der Waals surface area contributed by atoms with Crippen molar-refractivity contribution in [1.29, 1.82) is 5.26 Å². The number of aryl methyl sites for hydroxylation is 1. The van der Waals surface area contributed by atoms with Gasteiger partial charge in [0.2, 0.25) is 17.7 Å². The first kappa shape index (κ1) is 30.6. The molecular weight excluding hydrogens is 486 g/mol. The summed E-state index contributed by atoms with van der Waals surface area (Å²) >= 11 is 0. The summed E-state index contributed by atoms with van der Waals surface area (Å²) in [6.45, 7) is 6.65. The van der Waals surface area contributed by atoms with Gasteiger partial charge < -0.3 is 26.0 Å². The second-order valence-corrected chi connectivity index (χ2v) is 10.7. The Bertz CT molecular complexity index is 1010. The number of nitrogens with zero attached hydrogens (tertiary/aromatic N) is 2. The van der Waals surface area contributed by atoms with Crippen molar-refractivity contribution in [2.24, 2.45) is 5.73 Å². The monoisotopic (exact) mass is 527 g/mol. The second kappa shape index (κ2) is 14.4. The number of nitrogens with one attached hydrogen (secondary N) is 2. The summed E-state index contributed by atoms with van der Waals surface area (Å²) in [4.78, 5) is 52.8. The second-order valence-electron chi connectivity index (χ2n) is 10.7. The van der Waals surface area contributed by atoms with Crippen LogP contribution in [0.5, 0.6) is 0 Å². The number of nitrogens with two attached hydrogens (primary N) is 1. The Kier molecular flexibility index (Phi) is 11.6. The molecule has 1 fully saturated rings. The van der Waals surface area contributed by atoms with Gasteiger partial charge in [-0.25, -0.2) is 4.79 Å². The summed E-state index contributed by atoms with van der Waals surface area (Å²) in [5.74, 6) is -1.72. The highest BCUT2D eigenvalue weighted by Crippen LogP contribution is 2.26. The highest BCUT2D eigenvalue weighted by Gasteiger charge is 2.37. The summed E-state index contributed by atoms with van der Waals surface area (Å²) in [6.07, 6.45) is 4.49. The van der Waals surface area contributed by atoms with Crippen molar-refractivity contribution < 1.29 is 23.9 Å². The first-order chi connectivity index (χ1) is 17.9. The van der Waals surface area contributed by atoms with Crippen molar-refractivity contribution in [3.8, 4) is 6.07 Å². The number of hydrogen-bond donors (Lipinski definition) is 3. The molecule has 0 aliphatic heterocycles. The molecule has 208 valence electrons. The lowest BCUT2D eigenvalue weighted by Gasteiger charge is -2.34. The van der Waals surface area contributed by atoms with E-state index in [0.717, 1.165) is 49.0 Å². The fourth-order valence-corrected chi connectivity index (χ4v) is 4.50. The number of nitriles is 1. The highest BCUT2D eigenvalue weighted by atomic mass is 16.6. The zero-order valence-electron chi connectivity index (χ0n) is 22.9. The Balaban J connectivity index is 2.44. The maximum Gasteiger partial charge on any atom is 0.408 e. The van der Waals surface area contributed by atoms with E-state index in [-0.39, 0.29) is 18.9 Å². The molecule has 0 heterocycles. The fourth-order valence-electron chi connectivity index (χ4n) is 4.50. The van der Waals surface area contributed by atoms with Gasteiger partial charge in [0.15, 0.2) is 0 Å². The van der Waals surface area contributed by atoms with Crippen LogP contribution in [0.3, 0.4) is 0 Å². The molecule has 0 radical (unpaired) electrons. The average molecular weight is 528 g/mol. The molecule has 38 heavy (non-hydrogen) atoms. The lowest BCUT2D eigenvalue weighted by atomic mass is 9.94. The molecule has 1 aliphatic carbocycles. The minimum Gasteiger partial charge on any atom is -0.444 e. The first-order valence-electron chi connectivity index (χ1n) is 13.3. The number of amides is 4. The third-order valence-electron chi connectivity index (χ3n) is 6.41. The standard InChI is InChI=1S/C28H41N5O5/c1-5-19-11-13-20(14-12-19)24(25(35)31-21-9-7-6-8-10-21)33(18-17-29)26(36)22(15-16-23(30)34)32-27(37)38-28(2,3)4/h11-14,21-22,24H,5-10,15-16,18H2,1-4H3,(H2,30,34)(H,31,35)(H,32,37). The van der Waals surface area contributed by atoms with Gasteiger partial charge in [-0.3, -0.25) is 14.4 Å². The number of benzene rings is 1. The molecule has 0 aromatic heterocycles. The number of rotatable bonds is 11. The van der Waals surface area contributed by atoms with Crippen LogP contribution in [0.1, 0.15) is 89.8 Å². The van der Waals surface area contributed by atoms with Gasteiger partial charge in [-0.2, -0.15) is 5.26 Å². The summed E-state index contributed by atoms with van der Waals surface area (Å²) in [5.41, 5.74) is 6.10. The van der Waals surface area contributed by atoms with Crippen molar-refractivity contribution >= 4 is 23.8 Å². The Morgan fingerprint density at radius 3 is 2.29 bits per heavy atom. The molecule has 2 atom stereocenters. The van der Waals surface area contributed by atoms with Crippen LogP contribution in [0, 0.1) is 11.3 Å². The third-order valence-corrected chi connectivity index (χ3v) is 6.41. The Morgan fingerprint density at radius 1 is 1.13 bits per heavy atom. The van der Waals surface area contributed by atoms with Gasteiger partial charge in [0, 0.05) is 12.5 Å². The molecule has 4 amide bonds. The highest BCUT2D eigenvalue weighted by molar-refractivity contribution is 5.92. The molecule has 1 aromatic carbocycles. The van der Waals surface area contributed by atoms with Crippen LogP contribution < -0.4 is 16.4 Å². The van der Waals surface area contributed by atoms with E-state index in [1.54, 1.807) is 32.9 Å². The van der Waals surface area contributed by atoms with Crippen LogP contribution in [0.4, 0.5) is 4.79 Å². The Labute approximate surface area is 225 Å². The van der Waals surface area contributed by atoms with Crippen molar-refractivity contribution in [2.75, 3.05) is 6.54 Å². The predicted molar refractivity (Wildman–Crippen MR) is 142 cm³/mol. The molecule has 0 saturated heterocycles. The minimum atomic E-state index is -1.23. The number of primary amides is 1. The molecule has 1 aliphatic rings. The van der Waals surface area contributed by atoms with E-state index in [2.05, 4.69) is 10.6 Å². The van der Waals surface area contributed by atoms with Gasteiger partial charge in [0.25, 0.3) is 0 Å². The van der Waals surface area contributed by atoms with Gasteiger partial charge >= 0.3 is 6.09 Å². The molecule has 0 bridgehead atoms. The van der Waals surface area contributed by atoms with Crippen molar-refractivity contribution in [3.05, 3.63) is 35.4 Å². The largest absolute Gasteiger partial charge is 0.444 e. The van der Waals surface area contributed by atoms with E-state index in [1.165, 1.54) is 0 Å². The van der Waals surface area contributed by atoms with E-state index in [4.69, 9.17) is 10.5 Å². The van der Waals surface area contributed by atoms with Gasteiger partial charge in [-0.1, -0.05) is 50.5 Å². The Morgan fingerprint density at radius 2 is 1.76 bits per heavy atom. The summed E-state index contributed by atoms with van der Waals surface area (Å²) < 4.78 is 5.30. The molecule has 2 unspecified atom stereocenters. The number of alkyl carbamates (subject to hydrolysis) is 1. The SMILES string of the molecule is CCc1ccc(C(C(=O)NC2CCCCC2)N(CC#N)C(=O)C(CCC(N)=O)NC(=O)OC(C)(C)C)cc1. The van der Waals surface area contributed by atoms with Crippen LogP contribution in [-0.4, -0.2) is 52.9 Å². The number of hydrogen-bond acceptors (Lipinski definition) is 6. The zero-order chi connectivity index (χ0) is 28.3. The van der Waals surface area contributed by atoms with Crippen molar-refractivity contribution in [3.63, 3.8) is 0 Å². The fraction of sp³-hybridized carbons (Fsp3) is 0.607. The van der Waals surface area contributed by atoms with E-state index in [1.807, 2.05) is 25.1 Å². The lowest BCUT2D eigenvalue weighted by Crippen LogP contribution is -2.54. The molecule has 1 saturated carbocycles. The summed E-state index contributed by atoms with van der Waals surface area (Å²) in [7, 11) is 0. The molecule has 10 heteroatoms. The van der Waals surface area contributed by atoms with Crippen molar-refractivity contribution in [1.82, 2.24) is 15.5 Å². The molecular formula is C28H41N5O5. The maximum absolute atomic E-state index is 13.9. The zero-order valence-corrected chi connectivity index (χ0v) is 22.9. The summed E-state index contributed by atoms with van der Waals surface area (Å²) in [5, 5.41) is 15.2. The topological polar surface area (TPSA) is 155 Å². The number of ether oxygens (including phenoxy) is 1. The van der Waals surface area contributed by atoms with E-state index >= 15 is 0 Å². The van der Waals surface area contributed by atoms with E-state index in [9.17, 15) is 24.4 Å². The van der Waals surface area contributed by atoms with Gasteiger partial charge in [0.05, 0.1) is 6.07 Å². The molecule has 4 N–H and O–H groups in total. The molecule has 1 aromatic rings. The third kappa shape index (κ3) is 9.69. The van der Waals surface area contributed by atoms with Gasteiger partial charge in [0.1, 0.15) is 24.2 Å². The normalized spacial score (nSPS) is 15.4. The quantitative estimate of drug-likeness (QED) is 0.375. The summed E-state index contributed by atoms with van der Waals surface area (Å²) in [6, 6.07) is 6.95. The lowest BCUT2D eigenvalue weighted by molar-refractivity contribution is -0.142.